The van der Waals surface area contributed by atoms with Gasteiger partial charge in [0.2, 0.25) is 0 Å². The van der Waals surface area contributed by atoms with E-state index in [0.29, 0.717) is 11.5 Å². The number of aromatic nitrogens is 3. The van der Waals surface area contributed by atoms with Crippen molar-refractivity contribution < 1.29 is 21.9 Å². The summed E-state index contributed by atoms with van der Waals surface area (Å²) in [7, 11) is -4.42. The number of halogens is 1. The highest BCUT2D eigenvalue weighted by molar-refractivity contribution is 9.10. The number of fused-ring (bicyclic) bond motifs is 1. The summed E-state index contributed by atoms with van der Waals surface area (Å²) in [5.41, 5.74) is 1.27. The molecule has 0 spiro atoms. The predicted molar refractivity (Wildman–Crippen MR) is 141 cm³/mol. The molecule has 1 fully saturated rings. The average molecular weight is 570 g/mol. The second-order valence-electron chi connectivity index (χ2n) is 9.62. The molecular weight excluding hydrogens is 545 g/mol. The molecule has 186 valence electrons. The van der Waals surface area contributed by atoms with E-state index < -0.39 is 28.4 Å². The van der Waals surface area contributed by atoms with Crippen LogP contribution in [-0.4, -0.2) is 41.5 Å². The van der Waals surface area contributed by atoms with Gasteiger partial charge in [-0.25, -0.2) is 9.67 Å². The van der Waals surface area contributed by atoms with Gasteiger partial charge < -0.3 is 9.31 Å². The Bertz CT molecular complexity index is 1520. The lowest BCUT2D eigenvalue weighted by atomic mass is 9.79. The van der Waals surface area contributed by atoms with Crippen molar-refractivity contribution in [2.45, 2.75) is 50.4 Å². The fourth-order valence-corrected chi connectivity index (χ4v) is 4.96. The third-order valence-corrected chi connectivity index (χ3v) is 8.40. The van der Waals surface area contributed by atoms with Gasteiger partial charge in [-0.1, -0.05) is 34.1 Å². The first-order chi connectivity index (χ1) is 17.0. The number of rotatable bonds is 6. The molecule has 1 saturated heterocycles. The van der Waals surface area contributed by atoms with Gasteiger partial charge in [0.15, 0.2) is 5.82 Å². The van der Waals surface area contributed by atoms with Gasteiger partial charge >= 0.3 is 7.12 Å². The minimum Gasteiger partial charge on any atom is -0.399 e. The Morgan fingerprint density at radius 2 is 1.69 bits per heavy atom. The molecule has 5 rings (SSSR count). The smallest absolute Gasteiger partial charge is 0.399 e. The lowest BCUT2D eigenvalue weighted by Crippen LogP contribution is -2.41. The highest BCUT2D eigenvalue weighted by Crippen LogP contribution is 2.36. The summed E-state index contributed by atoms with van der Waals surface area (Å²) in [6.07, 6.45) is 1.76. The quantitative estimate of drug-likeness (QED) is 0.251. The summed E-state index contributed by atoms with van der Waals surface area (Å²) in [5.74, 6) is 0.540. The van der Waals surface area contributed by atoms with Gasteiger partial charge in [-0.15, -0.1) is 0 Å². The molecule has 2 aromatic carbocycles. The van der Waals surface area contributed by atoms with Crippen LogP contribution in [0.15, 0.2) is 76.2 Å². The molecule has 2 aromatic heterocycles. The fraction of sp³-hybridized carbons (Fsp3) is 0.280. The van der Waals surface area contributed by atoms with E-state index in [1.807, 2.05) is 45.9 Å². The zero-order valence-corrected chi connectivity index (χ0v) is 22.7. The molecule has 0 bridgehead atoms. The number of hydrogen-bond donors (Lipinski definition) is 0. The molecule has 0 saturated carbocycles. The van der Waals surface area contributed by atoms with Crippen molar-refractivity contribution in [2.75, 3.05) is 0 Å². The number of pyridine rings is 1. The Balaban J connectivity index is 1.40. The van der Waals surface area contributed by atoms with Crippen LogP contribution in [0.1, 0.15) is 33.4 Å². The zero-order valence-electron chi connectivity index (χ0n) is 20.3. The van der Waals surface area contributed by atoms with E-state index in [2.05, 4.69) is 26.0 Å². The molecule has 0 unspecified atom stereocenters. The van der Waals surface area contributed by atoms with Crippen molar-refractivity contribution in [1.29, 1.82) is 0 Å². The third kappa shape index (κ3) is 4.73. The van der Waals surface area contributed by atoms with Crippen LogP contribution in [0.5, 0.6) is 0 Å². The molecule has 1 aliphatic heterocycles. The van der Waals surface area contributed by atoms with Crippen molar-refractivity contribution >= 4 is 49.5 Å². The van der Waals surface area contributed by atoms with Crippen LogP contribution in [0.4, 0.5) is 0 Å². The molecule has 11 heteroatoms. The summed E-state index contributed by atoms with van der Waals surface area (Å²) in [6.45, 7) is 7.87. The minimum absolute atomic E-state index is 0.0789. The Labute approximate surface area is 219 Å². The second kappa shape index (κ2) is 9.07. The SMILES string of the molecule is CC1(C)OB(c2ccc3cnn(-c4cccc(COS(=O)(=O)c5ccc(Br)cc5)n4)c3c2)OC1(C)C. The first-order valence-electron chi connectivity index (χ1n) is 11.4. The van der Waals surface area contributed by atoms with Gasteiger partial charge in [-0.3, -0.25) is 4.18 Å². The Hall–Kier alpha value is -2.57. The van der Waals surface area contributed by atoms with Gasteiger partial charge in [0, 0.05) is 9.86 Å². The largest absolute Gasteiger partial charge is 0.494 e. The first-order valence-corrected chi connectivity index (χ1v) is 13.6. The maximum atomic E-state index is 12.6. The van der Waals surface area contributed by atoms with Gasteiger partial charge in [-0.2, -0.15) is 13.5 Å². The molecule has 4 aromatic rings. The average Bonchev–Trinajstić information content (AvgIpc) is 3.35. The standard InChI is InChI=1S/C25H25BBrN3O5S/c1-24(2)25(3,4)35-26(34-24)18-9-8-17-15-28-30(22(17)14-18)23-7-5-6-20(29-23)16-33-36(31,32)21-12-10-19(27)11-13-21/h5-15H,16H2,1-4H3. The Morgan fingerprint density at radius 1 is 1.00 bits per heavy atom. The lowest BCUT2D eigenvalue weighted by molar-refractivity contribution is 0.00578. The lowest BCUT2D eigenvalue weighted by Gasteiger charge is -2.32. The van der Waals surface area contributed by atoms with Crippen LogP contribution >= 0.6 is 15.9 Å². The molecule has 0 atom stereocenters. The van der Waals surface area contributed by atoms with Crippen molar-refractivity contribution in [1.82, 2.24) is 14.8 Å². The third-order valence-electron chi connectivity index (χ3n) is 6.59. The van der Waals surface area contributed by atoms with E-state index in [1.54, 1.807) is 41.2 Å². The van der Waals surface area contributed by atoms with E-state index in [-0.39, 0.29) is 11.5 Å². The topological polar surface area (TPSA) is 92.5 Å². The molecule has 0 aliphatic carbocycles. The van der Waals surface area contributed by atoms with Gasteiger partial charge in [0.1, 0.15) is 6.61 Å². The molecule has 0 N–H and O–H groups in total. The van der Waals surface area contributed by atoms with Crippen LogP contribution in [0.25, 0.3) is 16.7 Å². The highest BCUT2D eigenvalue weighted by Gasteiger charge is 2.51. The van der Waals surface area contributed by atoms with E-state index in [9.17, 15) is 8.42 Å². The highest BCUT2D eigenvalue weighted by atomic mass is 79.9. The second-order valence-corrected chi connectivity index (χ2v) is 12.2. The Morgan fingerprint density at radius 3 is 2.39 bits per heavy atom. The zero-order chi connectivity index (χ0) is 25.7. The number of hydrogen-bond acceptors (Lipinski definition) is 7. The van der Waals surface area contributed by atoms with Gasteiger partial charge in [0.05, 0.1) is 33.5 Å². The van der Waals surface area contributed by atoms with E-state index in [4.69, 9.17) is 13.5 Å². The van der Waals surface area contributed by atoms with E-state index in [0.717, 1.165) is 20.8 Å². The van der Waals surface area contributed by atoms with Crippen LogP contribution in [-0.2, 0) is 30.2 Å². The minimum atomic E-state index is -3.92. The monoisotopic (exact) mass is 569 g/mol. The maximum absolute atomic E-state index is 12.6. The molecule has 3 heterocycles. The molecule has 0 amide bonds. The van der Waals surface area contributed by atoms with Crippen molar-refractivity contribution in [3.05, 3.63) is 77.0 Å². The van der Waals surface area contributed by atoms with Crippen LogP contribution in [0, 0.1) is 0 Å². The maximum Gasteiger partial charge on any atom is 0.494 e. The fourth-order valence-electron chi connectivity index (χ4n) is 3.82. The van der Waals surface area contributed by atoms with Gasteiger partial charge in [-0.05, 0) is 75.6 Å². The normalized spacial score (nSPS) is 17.1. The molecule has 8 nitrogen and oxygen atoms in total. The molecule has 36 heavy (non-hydrogen) atoms. The van der Waals surface area contributed by atoms with Crippen molar-refractivity contribution in [3.63, 3.8) is 0 Å². The molecule has 0 radical (unpaired) electrons. The molecule has 1 aliphatic rings. The van der Waals surface area contributed by atoms with Crippen molar-refractivity contribution in [2.24, 2.45) is 0 Å². The number of nitrogens with zero attached hydrogens (tertiary/aromatic N) is 3. The van der Waals surface area contributed by atoms with E-state index in [1.165, 1.54) is 12.1 Å². The molecular formula is C25H25BBrN3O5S. The predicted octanol–water partition coefficient (Wildman–Crippen LogP) is 4.39. The first kappa shape index (κ1) is 25.1. The van der Waals surface area contributed by atoms with Crippen LogP contribution in [0.2, 0.25) is 0 Å². The Kier molecular flexibility index (Phi) is 6.33. The summed E-state index contributed by atoms with van der Waals surface area (Å²) in [6, 6.07) is 17.5. The number of benzene rings is 2. The van der Waals surface area contributed by atoms with Gasteiger partial charge in [0.25, 0.3) is 10.1 Å². The summed E-state index contributed by atoms with van der Waals surface area (Å²) in [5, 5.41) is 5.43. The van der Waals surface area contributed by atoms with Crippen LogP contribution < -0.4 is 5.46 Å². The van der Waals surface area contributed by atoms with E-state index >= 15 is 0 Å². The summed E-state index contributed by atoms with van der Waals surface area (Å²) < 4.78 is 45.3. The summed E-state index contributed by atoms with van der Waals surface area (Å²) >= 11 is 3.30. The van der Waals surface area contributed by atoms with Crippen molar-refractivity contribution in [3.8, 4) is 5.82 Å². The van der Waals surface area contributed by atoms with Crippen LogP contribution in [0.3, 0.4) is 0 Å². The summed E-state index contributed by atoms with van der Waals surface area (Å²) in [4.78, 5) is 4.67.